The summed E-state index contributed by atoms with van der Waals surface area (Å²) in [5, 5.41) is 10.9. The molecule has 1 unspecified atom stereocenters. The Morgan fingerprint density at radius 1 is 1.61 bits per heavy atom. The van der Waals surface area contributed by atoms with Gasteiger partial charge >= 0.3 is 11.7 Å². The molecule has 1 atom stereocenters. The van der Waals surface area contributed by atoms with Crippen LogP contribution in [0.2, 0.25) is 0 Å². The standard InChI is InChI=1S/C10H12N4O3S/c1-6(5-9(15)17-2)18-8-4-3-7-11-12-10(16)14(7)13-8/h3-4,6H,5H2,1-2H3,(H,12,16). The monoisotopic (exact) mass is 268 g/mol. The number of rotatable bonds is 4. The van der Waals surface area contributed by atoms with Crippen molar-refractivity contribution in [3.8, 4) is 0 Å². The lowest BCUT2D eigenvalue weighted by atomic mass is 10.3. The molecule has 7 nitrogen and oxygen atoms in total. The molecule has 0 bridgehead atoms. The third-order valence-electron chi connectivity index (χ3n) is 2.25. The highest BCUT2D eigenvalue weighted by Crippen LogP contribution is 2.23. The second-order valence-corrected chi connectivity index (χ2v) is 5.14. The number of nitrogens with zero attached hydrogens (tertiary/aromatic N) is 3. The molecule has 0 aliphatic carbocycles. The number of esters is 1. The number of ether oxygens (including phenoxy) is 1. The number of H-pyrrole nitrogens is 1. The van der Waals surface area contributed by atoms with Crippen molar-refractivity contribution in [2.24, 2.45) is 0 Å². The number of nitrogens with one attached hydrogen (secondary N) is 1. The van der Waals surface area contributed by atoms with Gasteiger partial charge in [0, 0.05) is 5.25 Å². The summed E-state index contributed by atoms with van der Waals surface area (Å²) in [5.41, 5.74) is 0.0815. The van der Waals surface area contributed by atoms with Crippen LogP contribution in [-0.4, -0.2) is 38.1 Å². The van der Waals surface area contributed by atoms with Gasteiger partial charge in [-0.05, 0) is 12.1 Å². The van der Waals surface area contributed by atoms with E-state index in [1.807, 2.05) is 6.92 Å². The maximum Gasteiger partial charge on any atom is 0.364 e. The van der Waals surface area contributed by atoms with E-state index in [1.54, 1.807) is 12.1 Å². The van der Waals surface area contributed by atoms with Crippen molar-refractivity contribution < 1.29 is 9.53 Å². The zero-order chi connectivity index (χ0) is 13.1. The SMILES string of the molecule is COC(=O)CC(C)Sc1ccc2n[nH]c(=O)n2n1. The topological polar surface area (TPSA) is 89.3 Å². The van der Waals surface area contributed by atoms with E-state index >= 15 is 0 Å². The van der Waals surface area contributed by atoms with Crippen molar-refractivity contribution in [1.29, 1.82) is 0 Å². The first kappa shape index (κ1) is 12.6. The Bertz CT molecular complexity index is 621. The molecule has 18 heavy (non-hydrogen) atoms. The average Bonchev–Trinajstić information content (AvgIpc) is 2.71. The number of thioether (sulfide) groups is 1. The van der Waals surface area contributed by atoms with Crippen LogP contribution in [0.3, 0.4) is 0 Å². The lowest BCUT2D eigenvalue weighted by molar-refractivity contribution is -0.140. The normalized spacial score (nSPS) is 12.6. The van der Waals surface area contributed by atoms with Gasteiger partial charge in [-0.25, -0.2) is 9.89 Å². The van der Waals surface area contributed by atoms with E-state index in [2.05, 4.69) is 20.0 Å². The Morgan fingerprint density at radius 3 is 3.11 bits per heavy atom. The van der Waals surface area contributed by atoms with Gasteiger partial charge in [0.1, 0.15) is 5.03 Å². The Morgan fingerprint density at radius 2 is 2.39 bits per heavy atom. The largest absolute Gasteiger partial charge is 0.469 e. The summed E-state index contributed by atoms with van der Waals surface area (Å²) in [5.74, 6) is -0.267. The van der Waals surface area contributed by atoms with Crippen molar-refractivity contribution in [3.63, 3.8) is 0 Å². The molecule has 0 radical (unpaired) electrons. The molecular weight excluding hydrogens is 256 g/mol. The second kappa shape index (κ2) is 5.21. The van der Waals surface area contributed by atoms with Crippen LogP contribution in [0.25, 0.3) is 5.65 Å². The smallest absolute Gasteiger partial charge is 0.364 e. The molecule has 0 saturated carbocycles. The summed E-state index contributed by atoms with van der Waals surface area (Å²) < 4.78 is 5.78. The number of methoxy groups -OCH3 is 1. The van der Waals surface area contributed by atoms with E-state index in [4.69, 9.17) is 0 Å². The highest BCUT2D eigenvalue weighted by atomic mass is 32.2. The lowest BCUT2D eigenvalue weighted by Gasteiger charge is -2.08. The van der Waals surface area contributed by atoms with Crippen LogP contribution in [0.15, 0.2) is 22.0 Å². The molecule has 2 aromatic heterocycles. The summed E-state index contributed by atoms with van der Waals surface area (Å²) in [6.45, 7) is 1.89. The third-order valence-corrected chi connectivity index (χ3v) is 3.28. The Labute approximate surface area is 107 Å². The molecule has 8 heteroatoms. The van der Waals surface area contributed by atoms with Crippen molar-refractivity contribution in [2.75, 3.05) is 7.11 Å². The van der Waals surface area contributed by atoms with Gasteiger partial charge in [0.15, 0.2) is 5.65 Å². The Balaban J connectivity index is 2.14. The highest BCUT2D eigenvalue weighted by Gasteiger charge is 2.12. The minimum atomic E-state index is -0.381. The molecule has 0 fully saturated rings. The minimum absolute atomic E-state index is 0.0185. The molecule has 0 aromatic carbocycles. The highest BCUT2D eigenvalue weighted by molar-refractivity contribution is 7.99. The van der Waals surface area contributed by atoms with Gasteiger partial charge in [-0.15, -0.1) is 11.8 Å². The summed E-state index contributed by atoms with van der Waals surface area (Å²) in [6, 6.07) is 3.45. The van der Waals surface area contributed by atoms with Crippen molar-refractivity contribution in [2.45, 2.75) is 23.6 Å². The maximum absolute atomic E-state index is 11.3. The molecular formula is C10H12N4O3S. The van der Waals surface area contributed by atoms with Gasteiger partial charge in [0.05, 0.1) is 13.5 Å². The van der Waals surface area contributed by atoms with E-state index in [0.29, 0.717) is 17.1 Å². The molecule has 0 spiro atoms. The Kier molecular flexibility index (Phi) is 3.66. The number of carbonyl (C=O) groups excluding carboxylic acids is 1. The first-order valence-corrected chi connectivity index (χ1v) is 6.16. The van der Waals surface area contributed by atoms with Crippen LogP contribution in [0.5, 0.6) is 0 Å². The van der Waals surface area contributed by atoms with Crippen LogP contribution < -0.4 is 5.69 Å². The molecule has 0 aliphatic rings. The number of carbonyl (C=O) groups is 1. The predicted octanol–water partition coefficient (Wildman–Crippen LogP) is 0.461. The third kappa shape index (κ3) is 2.70. The van der Waals surface area contributed by atoms with Gasteiger partial charge < -0.3 is 4.74 Å². The fourth-order valence-corrected chi connectivity index (χ4v) is 2.32. The second-order valence-electron chi connectivity index (χ2n) is 3.68. The quantitative estimate of drug-likeness (QED) is 0.640. The summed E-state index contributed by atoms with van der Waals surface area (Å²) in [7, 11) is 1.36. The van der Waals surface area contributed by atoms with Gasteiger partial charge in [-0.3, -0.25) is 4.79 Å². The van der Waals surface area contributed by atoms with Gasteiger partial charge in [0.25, 0.3) is 0 Å². The van der Waals surface area contributed by atoms with Gasteiger partial charge in [0.2, 0.25) is 0 Å². The number of aromatic nitrogens is 4. The fourth-order valence-electron chi connectivity index (χ4n) is 1.41. The van der Waals surface area contributed by atoms with Crippen LogP contribution in [0.4, 0.5) is 0 Å². The molecule has 2 heterocycles. The molecule has 96 valence electrons. The van der Waals surface area contributed by atoms with Gasteiger partial charge in [-0.2, -0.15) is 14.7 Å². The maximum atomic E-state index is 11.3. The van der Waals surface area contributed by atoms with E-state index in [0.717, 1.165) is 0 Å². The molecule has 2 aromatic rings. The molecule has 1 N–H and O–H groups in total. The molecule has 2 rings (SSSR count). The number of hydrogen-bond acceptors (Lipinski definition) is 6. The van der Waals surface area contributed by atoms with Crippen LogP contribution >= 0.6 is 11.8 Å². The van der Waals surface area contributed by atoms with E-state index in [1.165, 1.54) is 23.4 Å². The minimum Gasteiger partial charge on any atom is -0.469 e. The van der Waals surface area contributed by atoms with Crippen molar-refractivity contribution >= 4 is 23.4 Å². The molecule has 0 saturated heterocycles. The van der Waals surface area contributed by atoms with E-state index in [-0.39, 0.29) is 16.9 Å². The lowest BCUT2D eigenvalue weighted by Crippen LogP contribution is -2.13. The van der Waals surface area contributed by atoms with Crippen molar-refractivity contribution in [3.05, 3.63) is 22.6 Å². The average molecular weight is 268 g/mol. The summed E-state index contributed by atoms with van der Waals surface area (Å²) >= 11 is 1.40. The number of aromatic amines is 1. The molecule has 0 amide bonds. The summed E-state index contributed by atoms with van der Waals surface area (Å²) in [6.07, 6.45) is 0.293. The van der Waals surface area contributed by atoms with Crippen LogP contribution in [0.1, 0.15) is 13.3 Å². The number of fused-ring (bicyclic) bond motifs is 1. The zero-order valence-corrected chi connectivity index (χ0v) is 10.7. The van der Waals surface area contributed by atoms with E-state index in [9.17, 15) is 9.59 Å². The first-order chi connectivity index (χ1) is 8.60. The number of hydrogen-bond donors (Lipinski definition) is 1. The Hall–Kier alpha value is -1.83. The first-order valence-electron chi connectivity index (χ1n) is 5.28. The summed E-state index contributed by atoms with van der Waals surface area (Å²) in [4.78, 5) is 22.5. The predicted molar refractivity (Wildman–Crippen MR) is 65.6 cm³/mol. The fraction of sp³-hybridized carbons (Fsp3) is 0.400. The van der Waals surface area contributed by atoms with Crippen molar-refractivity contribution in [1.82, 2.24) is 19.8 Å². The van der Waals surface area contributed by atoms with Crippen LogP contribution in [-0.2, 0) is 9.53 Å². The van der Waals surface area contributed by atoms with E-state index < -0.39 is 0 Å². The van der Waals surface area contributed by atoms with Gasteiger partial charge in [-0.1, -0.05) is 6.92 Å². The van der Waals surface area contributed by atoms with Crippen LogP contribution in [0, 0.1) is 0 Å². The zero-order valence-electron chi connectivity index (χ0n) is 9.91. The molecule has 0 aliphatic heterocycles.